The topological polar surface area (TPSA) is 7.12 Å². The van der Waals surface area contributed by atoms with Crippen molar-refractivity contribution in [1.82, 2.24) is 0 Å². The predicted octanol–water partition coefficient (Wildman–Crippen LogP) is 9.57. The Hall–Kier alpha value is -4.69. The van der Waals surface area contributed by atoms with E-state index in [9.17, 15) is 0 Å². The number of fused-ring (bicyclic) bond motifs is 5. The van der Waals surface area contributed by atoms with Gasteiger partial charge in [-0.3, -0.25) is 0 Å². The highest BCUT2D eigenvalue weighted by Crippen LogP contribution is 2.48. The first-order chi connectivity index (χ1) is 19.1. The van der Waals surface area contributed by atoms with Crippen LogP contribution < -0.4 is 9.47 Å². The molecule has 5 aromatic carbocycles. The highest BCUT2D eigenvalue weighted by Gasteiger charge is 2.43. The van der Waals surface area contributed by atoms with Crippen LogP contribution in [0.4, 0.5) is 17.1 Å². The zero-order valence-corrected chi connectivity index (χ0v) is 22.4. The zero-order valence-electron chi connectivity index (χ0n) is 22.4. The van der Waals surface area contributed by atoms with Gasteiger partial charge in [-0.05, 0) is 66.6 Å². The van der Waals surface area contributed by atoms with Gasteiger partial charge in [0.2, 0.25) is 5.69 Å². The summed E-state index contributed by atoms with van der Waals surface area (Å²) in [6.45, 7) is 9.14. The molecule has 39 heavy (non-hydrogen) atoms. The largest absolute Gasteiger partial charge is 0.309 e. The lowest BCUT2D eigenvalue weighted by molar-refractivity contribution is -0.577. The summed E-state index contributed by atoms with van der Waals surface area (Å²) in [5.41, 5.74) is 8.24. The van der Waals surface area contributed by atoms with Crippen molar-refractivity contribution < 1.29 is 4.57 Å². The van der Waals surface area contributed by atoms with E-state index < -0.39 is 0 Å². The lowest BCUT2D eigenvalue weighted by Gasteiger charge is -2.34. The van der Waals surface area contributed by atoms with Gasteiger partial charge in [-0.25, -0.2) is 0 Å². The molecular weight excluding hydrogens is 472 g/mol. The van der Waals surface area contributed by atoms with E-state index in [0.717, 1.165) is 17.8 Å². The minimum Gasteiger partial charge on any atom is -0.309 e. The van der Waals surface area contributed by atoms with E-state index in [4.69, 9.17) is 0 Å². The maximum atomic E-state index is 4.55. The van der Waals surface area contributed by atoms with E-state index in [1.165, 1.54) is 49.7 Å². The molecule has 2 heterocycles. The number of rotatable bonds is 4. The van der Waals surface area contributed by atoms with Crippen LogP contribution in [-0.4, -0.2) is 0 Å². The van der Waals surface area contributed by atoms with E-state index >= 15 is 0 Å². The lowest BCUT2D eigenvalue weighted by Crippen LogP contribution is -2.47. The molecule has 0 amide bonds. The molecule has 1 aliphatic heterocycles. The normalized spacial score (nSPS) is 16.2. The number of nitrogens with zero attached hydrogens (tertiary/aromatic N) is 2. The van der Waals surface area contributed by atoms with E-state index in [1.54, 1.807) is 0 Å². The average Bonchev–Trinajstić information content (AvgIpc) is 3.00. The number of benzene rings is 5. The number of hydrogen-bond acceptors (Lipinski definition) is 1. The molecule has 0 fully saturated rings. The summed E-state index contributed by atoms with van der Waals surface area (Å²) in [6, 6.07) is 44.0. The fraction of sp³-hybridized carbons (Fsp3) is 0.108. The number of anilines is 3. The fourth-order valence-electron chi connectivity index (χ4n) is 6.29. The molecule has 0 N–H and O–H groups in total. The van der Waals surface area contributed by atoms with Crippen LogP contribution in [0.3, 0.4) is 0 Å². The maximum Gasteiger partial charge on any atom is 0.218 e. The summed E-state index contributed by atoms with van der Waals surface area (Å²) in [6.07, 6.45) is 3.13. The first-order valence-corrected chi connectivity index (χ1v) is 13.7. The number of allylic oxidation sites excluding steroid dienone is 1. The molecule has 1 aliphatic rings. The third-order valence-corrected chi connectivity index (χ3v) is 8.64. The van der Waals surface area contributed by atoms with Crippen molar-refractivity contribution in [1.29, 1.82) is 0 Å². The predicted molar refractivity (Wildman–Crippen MR) is 165 cm³/mol. The van der Waals surface area contributed by atoms with Crippen molar-refractivity contribution in [2.75, 3.05) is 4.90 Å². The molecule has 2 heteroatoms. The van der Waals surface area contributed by atoms with Crippen LogP contribution in [0, 0.1) is 0 Å². The molecule has 0 radical (unpaired) electrons. The monoisotopic (exact) mass is 503 g/mol. The van der Waals surface area contributed by atoms with Crippen LogP contribution in [0.2, 0.25) is 0 Å². The Labute approximate surface area is 230 Å². The van der Waals surface area contributed by atoms with Gasteiger partial charge in [0, 0.05) is 28.6 Å². The highest BCUT2D eigenvalue weighted by atomic mass is 15.1. The van der Waals surface area contributed by atoms with E-state index in [0.29, 0.717) is 0 Å². The lowest BCUT2D eigenvalue weighted by atomic mass is 9.72. The minimum atomic E-state index is -0.142. The summed E-state index contributed by atoms with van der Waals surface area (Å²) < 4.78 is 2.27. The fourth-order valence-corrected chi connectivity index (χ4v) is 6.29. The second-order valence-corrected chi connectivity index (χ2v) is 10.7. The molecular formula is C37H31N2+. The highest BCUT2D eigenvalue weighted by molar-refractivity contribution is 6.05. The molecule has 0 saturated carbocycles. The summed E-state index contributed by atoms with van der Waals surface area (Å²) >= 11 is 0. The number of pyridine rings is 1. The molecule has 1 aromatic heterocycles. The number of aromatic nitrogens is 1. The Morgan fingerprint density at radius 3 is 1.92 bits per heavy atom. The Morgan fingerprint density at radius 1 is 0.692 bits per heavy atom. The summed E-state index contributed by atoms with van der Waals surface area (Å²) in [5, 5.41) is 4.92. The van der Waals surface area contributed by atoms with Crippen LogP contribution in [0.5, 0.6) is 0 Å². The van der Waals surface area contributed by atoms with Crippen molar-refractivity contribution in [3.8, 4) is 11.3 Å². The van der Waals surface area contributed by atoms with Crippen LogP contribution in [0.15, 0.2) is 134 Å². The van der Waals surface area contributed by atoms with Crippen LogP contribution in [0.1, 0.15) is 25.8 Å². The van der Waals surface area contributed by atoms with Gasteiger partial charge in [-0.15, -0.1) is 0 Å². The first kappa shape index (κ1) is 23.4. The van der Waals surface area contributed by atoms with Gasteiger partial charge in [-0.1, -0.05) is 85.8 Å². The molecule has 6 aromatic rings. The summed E-state index contributed by atoms with van der Waals surface area (Å²) in [7, 11) is 0. The van der Waals surface area contributed by atoms with E-state index in [2.05, 4.69) is 157 Å². The second kappa shape index (κ2) is 8.96. The Morgan fingerprint density at radius 2 is 1.28 bits per heavy atom. The molecule has 2 nitrogen and oxygen atoms in total. The molecule has 0 saturated heterocycles. The zero-order chi connectivity index (χ0) is 26.6. The molecule has 7 rings (SSSR count). The van der Waals surface area contributed by atoms with Crippen molar-refractivity contribution in [2.45, 2.75) is 25.7 Å². The second-order valence-electron chi connectivity index (χ2n) is 10.7. The Bertz CT molecular complexity index is 1810. The Balaban J connectivity index is 1.55. The molecule has 1 unspecified atom stereocenters. The van der Waals surface area contributed by atoms with Gasteiger partial charge >= 0.3 is 0 Å². The quantitative estimate of drug-likeness (QED) is 0.217. The standard InChI is InChI=1S/C37H31N2/c1-4-37(3)26(2)38-24-10-9-19-34(38)32-25-29(22-23-33(32)37)39(35-20-11-15-27-13-5-7-17-30(27)35)36-21-12-16-28-14-6-8-18-31(28)36/h5-25H,2,4H2,1,3H3/q+1. The third kappa shape index (κ3) is 3.52. The van der Waals surface area contributed by atoms with Crippen molar-refractivity contribution >= 4 is 44.3 Å². The van der Waals surface area contributed by atoms with Crippen LogP contribution >= 0.6 is 0 Å². The van der Waals surface area contributed by atoms with Crippen molar-refractivity contribution in [3.63, 3.8) is 0 Å². The van der Waals surface area contributed by atoms with Gasteiger partial charge in [0.1, 0.15) is 0 Å². The molecule has 0 bridgehead atoms. The summed E-state index contributed by atoms with van der Waals surface area (Å²) in [5.74, 6) is 0. The van der Waals surface area contributed by atoms with Gasteiger partial charge in [-0.2, -0.15) is 4.57 Å². The van der Waals surface area contributed by atoms with Gasteiger partial charge in [0.15, 0.2) is 11.9 Å². The Kier molecular flexibility index (Phi) is 5.38. The minimum absolute atomic E-state index is 0.142. The number of hydrogen-bond donors (Lipinski definition) is 0. The molecule has 0 aliphatic carbocycles. The van der Waals surface area contributed by atoms with Crippen molar-refractivity contribution in [2.24, 2.45) is 0 Å². The molecule has 0 spiro atoms. The van der Waals surface area contributed by atoms with Crippen LogP contribution in [-0.2, 0) is 5.41 Å². The summed E-state index contributed by atoms with van der Waals surface area (Å²) in [4.78, 5) is 2.44. The van der Waals surface area contributed by atoms with Crippen molar-refractivity contribution in [3.05, 3.63) is 140 Å². The average molecular weight is 504 g/mol. The van der Waals surface area contributed by atoms with Crippen LogP contribution in [0.25, 0.3) is 38.5 Å². The van der Waals surface area contributed by atoms with Gasteiger partial charge in [0.25, 0.3) is 0 Å². The van der Waals surface area contributed by atoms with Gasteiger partial charge < -0.3 is 4.90 Å². The SMILES string of the molecule is C=C1[n+]2ccccc2-c2cc(N(c3cccc4ccccc34)c3cccc4ccccc34)ccc2C1(C)CC. The van der Waals surface area contributed by atoms with E-state index in [-0.39, 0.29) is 5.41 Å². The van der Waals surface area contributed by atoms with Gasteiger partial charge in [0.05, 0.1) is 22.4 Å². The smallest absolute Gasteiger partial charge is 0.218 e. The third-order valence-electron chi connectivity index (χ3n) is 8.64. The first-order valence-electron chi connectivity index (χ1n) is 13.7. The molecule has 188 valence electrons. The molecule has 1 atom stereocenters. The maximum absolute atomic E-state index is 4.55. The van der Waals surface area contributed by atoms with E-state index in [1.807, 2.05) is 0 Å².